The topological polar surface area (TPSA) is 114 Å². The number of nitrogens with one attached hydrogen (secondary N) is 2. The van der Waals surface area contributed by atoms with Gasteiger partial charge >= 0.3 is 12.1 Å². The van der Waals surface area contributed by atoms with Crippen LogP contribution in [0.4, 0.5) is 4.79 Å². The second kappa shape index (κ2) is 10.5. The number of fused-ring (bicyclic) bond motifs is 3. The maximum atomic E-state index is 12.4. The molecule has 1 aliphatic heterocycles. The standard InChI is InChI=1S/C27H32N2O6/c1-3-27(2,25(31)32)16-29-24(30)23-13-12-17(35-23)14-28-26(33)34-15-22-20-10-6-4-8-18(20)19-9-5-7-11-21(19)22/h4-11,17,22-23H,3,12-16H2,1-2H3,(H,28,33)(H,29,30)(H,31,32). The molecule has 1 fully saturated rings. The summed E-state index contributed by atoms with van der Waals surface area (Å²) in [6.45, 7) is 3.89. The largest absolute Gasteiger partial charge is 0.481 e. The van der Waals surface area contributed by atoms with E-state index < -0.39 is 23.6 Å². The van der Waals surface area contributed by atoms with Gasteiger partial charge in [-0.1, -0.05) is 55.5 Å². The molecule has 1 saturated heterocycles. The van der Waals surface area contributed by atoms with Gasteiger partial charge in [-0.25, -0.2) is 4.79 Å². The number of carbonyl (C=O) groups excluding carboxylic acids is 2. The third-order valence-corrected chi connectivity index (χ3v) is 7.17. The van der Waals surface area contributed by atoms with Crippen LogP contribution in [0.2, 0.25) is 0 Å². The first-order valence-electron chi connectivity index (χ1n) is 12.1. The fourth-order valence-electron chi connectivity index (χ4n) is 4.64. The van der Waals surface area contributed by atoms with Crippen molar-refractivity contribution in [3.8, 4) is 11.1 Å². The molecule has 186 valence electrons. The molecule has 3 unspecified atom stereocenters. The summed E-state index contributed by atoms with van der Waals surface area (Å²) in [6.07, 6.45) is 0.0525. The lowest BCUT2D eigenvalue weighted by atomic mass is 9.87. The van der Waals surface area contributed by atoms with Crippen LogP contribution in [0.25, 0.3) is 11.1 Å². The van der Waals surface area contributed by atoms with Gasteiger partial charge in [-0.15, -0.1) is 0 Å². The van der Waals surface area contributed by atoms with Gasteiger partial charge in [-0.05, 0) is 48.4 Å². The van der Waals surface area contributed by atoms with Crippen LogP contribution in [0.15, 0.2) is 48.5 Å². The zero-order valence-electron chi connectivity index (χ0n) is 20.1. The first-order valence-corrected chi connectivity index (χ1v) is 12.1. The Morgan fingerprint density at radius 1 is 1.03 bits per heavy atom. The molecule has 2 aliphatic rings. The highest BCUT2D eigenvalue weighted by molar-refractivity contribution is 5.82. The highest BCUT2D eigenvalue weighted by atomic mass is 16.5. The minimum absolute atomic E-state index is 0.0106. The second-order valence-electron chi connectivity index (χ2n) is 9.47. The Morgan fingerprint density at radius 2 is 1.66 bits per heavy atom. The third-order valence-electron chi connectivity index (χ3n) is 7.17. The van der Waals surface area contributed by atoms with Crippen LogP contribution in [0.3, 0.4) is 0 Å². The Balaban J connectivity index is 1.22. The van der Waals surface area contributed by atoms with E-state index in [-0.39, 0.29) is 37.6 Å². The molecule has 0 spiro atoms. The van der Waals surface area contributed by atoms with Gasteiger partial charge in [0.05, 0.1) is 11.5 Å². The van der Waals surface area contributed by atoms with Crippen LogP contribution in [-0.2, 0) is 19.1 Å². The molecule has 8 heteroatoms. The van der Waals surface area contributed by atoms with E-state index in [2.05, 4.69) is 34.9 Å². The molecule has 1 heterocycles. The lowest BCUT2D eigenvalue weighted by molar-refractivity contribution is -0.148. The fraction of sp³-hybridized carbons (Fsp3) is 0.444. The van der Waals surface area contributed by atoms with Gasteiger partial charge in [0.2, 0.25) is 5.91 Å². The van der Waals surface area contributed by atoms with E-state index in [1.807, 2.05) is 24.3 Å². The summed E-state index contributed by atoms with van der Waals surface area (Å²) in [5.74, 6) is -1.28. The smallest absolute Gasteiger partial charge is 0.407 e. The van der Waals surface area contributed by atoms with E-state index in [0.29, 0.717) is 19.3 Å². The van der Waals surface area contributed by atoms with Crippen molar-refractivity contribution in [3.63, 3.8) is 0 Å². The van der Waals surface area contributed by atoms with Gasteiger partial charge in [0.25, 0.3) is 0 Å². The average molecular weight is 481 g/mol. The molecule has 2 aromatic rings. The number of ether oxygens (including phenoxy) is 2. The van der Waals surface area contributed by atoms with Gasteiger partial charge in [0, 0.05) is 19.0 Å². The molecular formula is C27H32N2O6. The van der Waals surface area contributed by atoms with E-state index in [9.17, 15) is 19.5 Å². The molecule has 0 bridgehead atoms. The molecule has 3 atom stereocenters. The molecule has 3 N–H and O–H groups in total. The quantitative estimate of drug-likeness (QED) is 0.504. The minimum atomic E-state index is -1.01. The van der Waals surface area contributed by atoms with Crippen molar-refractivity contribution in [1.82, 2.24) is 10.6 Å². The zero-order chi connectivity index (χ0) is 25.0. The number of carboxylic acid groups (broad SMARTS) is 1. The van der Waals surface area contributed by atoms with Crippen molar-refractivity contribution < 1.29 is 29.0 Å². The number of rotatable bonds is 9. The minimum Gasteiger partial charge on any atom is -0.481 e. The van der Waals surface area contributed by atoms with Gasteiger partial charge < -0.3 is 25.2 Å². The predicted molar refractivity (Wildman–Crippen MR) is 130 cm³/mol. The molecule has 4 rings (SSSR count). The average Bonchev–Trinajstić information content (AvgIpc) is 3.47. The van der Waals surface area contributed by atoms with Gasteiger partial charge in [0.15, 0.2) is 0 Å². The van der Waals surface area contributed by atoms with Crippen molar-refractivity contribution in [3.05, 3.63) is 59.7 Å². The molecule has 2 amide bonds. The number of amides is 2. The SMILES string of the molecule is CCC(C)(CNC(=O)C1CCC(CNC(=O)OCC2c3ccccc3-c3ccccc32)O1)C(=O)O. The normalized spacial score (nSPS) is 20.4. The van der Waals surface area contributed by atoms with E-state index in [0.717, 1.165) is 11.1 Å². The maximum absolute atomic E-state index is 12.4. The molecule has 0 aromatic heterocycles. The van der Waals surface area contributed by atoms with Crippen LogP contribution in [0.1, 0.15) is 50.2 Å². The van der Waals surface area contributed by atoms with Crippen molar-refractivity contribution in [2.24, 2.45) is 5.41 Å². The van der Waals surface area contributed by atoms with Gasteiger partial charge in [0.1, 0.15) is 12.7 Å². The molecular weight excluding hydrogens is 448 g/mol. The van der Waals surface area contributed by atoms with Crippen LogP contribution in [0.5, 0.6) is 0 Å². The first kappa shape index (κ1) is 24.7. The van der Waals surface area contributed by atoms with Crippen LogP contribution >= 0.6 is 0 Å². The Hall–Kier alpha value is -3.39. The Bertz CT molecular complexity index is 1060. The number of hydrogen-bond donors (Lipinski definition) is 3. The second-order valence-corrected chi connectivity index (χ2v) is 9.47. The summed E-state index contributed by atoms with van der Waals surface area (Å²) in [5, 5.41) is 14.8. The van der Waals surface area contributed by atoms with Crippen molar-refractivity contribution in [1.29, 1.82) is 0 Å². The summed E-state index contributed by atoms with van der Waals surface area (Å²) >= 11 is 0. The summed E-state index contributed by atoms with van der Waals surface area (Å²) in [5.41, 5.74) is 3.62. The molecule has 0 radical (unpaired) electrons. The number of carbonyl (C=O) groups is 3. The van der Waals surface area contributed by atoms with Gasteiger partial charge in [-0.2, -0.15) is 0 Å². The Morgan fingerprint density at radius 3 is 2.26 bits per heavy atom. The molecule has 1 aliphatic carbocycles. The number of hydrogen-bond acceptors (Lipinski definition) is 5. The molecule has 2 aromatic carbocycles. The van der Waals surface area contributed by atoms with Crippen molar-refractivity contribution in [2.75, 3.05) is 19.7 Å². The van der Waals surface area contributed by atoms with Crippen molar-refractivity contribution in [2.45, 2.75) is 51.2 Å². The monoisotopic (exact) mass is 480 g/mol. The van der Waals surface area contributed by atoms with Crippen molar-refractivity contribution >= 4 is 18.0 Å². The molecule has 0 saturated carbocycles. The summed E-state index contributed by atoms with van der Waals surface area (Å²) in [7, 11) is 0. The van der Waals surface area contributed by atoms with E-state index in [1.165, 1.54) is 11.1 Å². The van der Waals surface area contributed by atoms with E-state index in [1.54, 1.807) is 13.8 Å². The van der Waals surface area contributed by atoms with E-state index in [4.69, 9.17) is 9.47 Å². The van der Waals surface area contributed by atoms with Crippen LogP contribution in [-0.4, -0.2) is 55.0 Å². The summed E-state index contributed by atoms with van der Waals surface area (Å²) < 4.78 is 11.3. The summed E-state index contributed by atoms with van der Waals surface area (Å²) in [4.78, 5) is 36.2. The lowest BCUT2D eigenvalue weighted by Crippen LogP contribution is -2.44. The summed E-state index contributed by atoms with van der Waals surface area (Å²) in [6, 6.07) is 16.3. The fourth-order valence-corrected chi connectivity index (χ4v) is 4.64. The number of aliphatic carboxylic acids is 1. The Labute approximate surface area is 205 Å². The number of alkyl carbamates (subject to hydrolysis) is 1. The highest BCUT2D eigenvalue weighted by Gasteiger charge is 2.35. The van der Waals surface area contributed by atoms with Gasteiger partial charge in [-0.3, -0.25) is 9.59 Å². The van der Waals surface area contributed by atoms with E-state index >= 15 is 0 Å². The van der Waals surface area contributed by atoms with Crippen LogP contribution in [0, 0.1) is 5.41 Å². The first-order chi connectivity index (χ1) is 16.8. The molecule has 35 heavy (non-hydrogen) atoms. The molecule has 8 nitrogen and oxygen atoms in total. The maximum Gasteiger partial charge on any atom is 0.407 e. The predicted octanol–water partition coefficient (Wildman–Crippen LogP) is 3.69. The highest BCUT2D eigenvalue weighted by Crippen LogP contribution is 2.44. The van der Waals surface area contributed by atoms with Crippen LogP contribution < -0.4 is 10.6 Å². The zero-order valence-corrected chi connectivity index (χ0v) is 20.1. The lowest BCUT2D eigenvalue weighted by Gasteiger charge is -2.24. The Kier molecular flexibility index (Phi) is 7.40. The number of carboxylic acids is 1. The number of benzene rings is 2. The third kappa shape index (κ3) is 5.32.